The lowest BCUT2D eigenvalue weighted by atomic mass is 9.88. The lowest BCUT2D eigenvalue weighted by molar-refractivity contribution is 0.102. The Morgan fingerprint density at radius 1 is 1.23 bits per heavy atom. The van der Waals surface area contributed by atoms with E-state index in [9.17, 15) is 4.79 Å². The van der Waals surface area contributed by atoms with Gasteiger partial charge in [0.15, 0.2) is 5.78 Å². The van der Waals surface area contributed by atoms with Crippen LogP contribution in [0.3, 0.4) is 0 Å². The molecule has 1 aromatic rings. The van der Waals surface area contributed by atoms with Crippen LogP contribution in [-0.2, 0) is 6.42 Å². The quantitative estimate of drug-likeness (QED) is 0.484. The van der Waals surface area contributed by atoms with Gasteiger partial charge >= 0.3 is 0 Å². The number of hydrogen-bond acceptors (Lipinski definition) is 2. The molecule has 2 heteroatoms. The molecule has 0 saturated heterocycles. The molecule has 0 radical (unpaired) electrons. The molecule has 1 aliphatic carbocycles. The second-order valence-electron chi connectivity index (χ2n) is 3.14. The molecule has 2 rings (SSSR count). The molecule has 0 aromatic heterocycles. The fourth-order valence-corrected chi connectivity index (χ4v) is 1.64. The summed E-state index contributed by atoms with van der Waals surface area (Å²) in [7, 11) is 0. The molecule has 0 atom stereocenters. The molecule has 1 N–H and O–H groups in total. The van der Waals surface area contributed by atoms with Gasteiger partial charge in [-0.25, -0.2) is 0 Å². The van der Waals surface area contributed by atoms with Crippen molar-refractivity contribution in [2.45, 2.75) is 12.8 Å². The van der Waals surface area contributed by atoms with E-state index in [1.807, 2.05) is 18.2 Å². The molecule has 66 valence electrons. The smallest absolute Gasteiger partial charge is 0.192 e. The van der Waals surface area contributed by atoms with Gasteiger partial charge in [0.25, 0.3) is 0 Å². The Labute approximate surface area is 76.5 Å². The summed E-state index contributed by atoms with van der Waals surface area (Å²) < 4.78 is 0. The number of carbonyl (C=O) groups is 1. The van der Waals surface area contributed by atoms with Gasteiger partial charge in [0.05, 0.1) is 6.26 Å². The van der Waals surface area contributed by atoms with Crippen LogP contribution in [0.1, 0.15) is 22.3 Å². The van der Waals surface area contributed by atoms with Crippen LogP contribution >= 0.6 is 0 Å². The van der Waals surface area contributed by atoms with Gasteiger partial charge in [-0.1, -0.05) is 24.3 Å². The first-order chi connectivity index (χ1) is 6.33. The standard InChI is InChI=1S/C11H10O2/c12-7-9-6-5-8-3-1-2-4-10(8)11(9)13/h1-4,7,12H,5-6H2. The summed E-state index contributed by atoms with van der Waals surface area (Å²) in [6.45, 7) is 0. The minimum Gasteiger partial charge on any atom is -0.515 e. The molecule has 0 saturated carbocycles. The highest BCUT2D eigenvalue weighted by molar-refractivity contribution is 6.10. The summed E-state index contributed by atoms with van der Waals surface area (Å²) in [5.41, 5.74) is 2.32. The lowest BCUT2D eigenvalue weighted by Crippen LogP contribution is -2.13. The van der Waals surface area contributed by atoms with Crippen LogP contribution in [0, 0.1) is 0 Å². The summed E-state index contributed by atoms with van der Waals surface area (Å²) in [6, 6.07) is 7.54. The van der Waals surface area contributed by atoms with Gasteiger partial charge in [0, 0.05) is 11.1 Å². The highest BCUT2D eigenvalue weighted by Gasteiger charge is 2.20. The molecule has 0 unspecified atom stereocenters. The minimum absolute atomic E-state index is 0.0376. The highest BCUT2D eigenvalue weighted by atomic mass is 16.2. The fraction of sp³-hybridized carbons (Fsp3) is 0.182. The molecule has 0 fully saturated rings. The Morgan fingerprint density at radius 2 is 2.00 bits per heavy atom. The summed E-state index contributed by atoms with van der Waals surface area (Å²) >= 11 is 0. The molecule has 0 amide bonds. The van der Waals surface area contributed by atoms with Crippen LogP contribution in [0.15, 0.2) is 36.1 Å². The normalized spacial score (nSPS) is 18.8. The zero-order chi connectivity index (χ0) is 9.26. The SMILES string of the molecule is O=C1C(=CO)CCc2ccccc21. The van der Waals surface area contributed by atoms with E-state index in [4.69, 9.17) is 5.11 Å². The summed E-state index contributed by atoms with van der Waals surface area (Å²) in [4.78, 5) is 11.6. The van der Waals surface area contributed by atoms with Crippen LogP contribution < -0.4 is 0 Å². The van der Waals surface area contributed by atoms with Crippen molar-refractivity contribution in [3.63, 3.8) is 0 Å². The number of ketones is 1. The van der Waals surface area contributed by atoms with Crippen molar-refractivity contribution < 1.29 is 9.90 Å². The van der Waals surface area contributed by atoms with Crippen molar-refractivity contribution in [2.24, 2.45) is 0 Å². The lowest BCUT2D eigenvalue weighted by Gasteiger charge is -2.15. The second-order valence-corrected chi connectivity index (χ2v) is 3.14. The number of aliphatic hydroxyl groups is 1. The van der Waals surface area contributed by atoms with Gasteiger partial charge in [-0.2, -0.15) is 0 Å². The number of rotatable bonds is 0. The van der Waals surface area contributed by atoms with E-state index >= 15 is 0 Å². The van der Waals surface area contributed by atoms with E-state index in [0.29, 0.717) is 12.0 Å². The summed E-state index contributed by atoms with van der Waals surface area (Å²) in [5, 5.41) is 8.80. The maximum atomic E-state index is 11.6. The Hall–Kier alpha value is -1.57. The van der Waals surface area contributed by atoms with Gasteiger partial charge in [-0.3, -0.25) is 4.79 Å². The predicted octanol–water partition coefficient (Wildman–Crippen LogP) is 2.26. The number of carbonyl (C=O) groups excluding carboxylic acids is 1. The largest absolute Gasteiger partial charge is 0.515 e. The predicted molar refractivity (Wildman–Crippen MR) is 49.8 cm³/mol. The average Bonchev–Trinajstić information content (AvgIpc) is 2.19. The van der Waals surface area contributed by atoms with E-state index in [1.165, 1.54) is 0 Å². The molecule has 13 heavy (non-hydrogen) atoms. The number of aryl methyl sites for hydroxylation is 1. The van der Waals surface area contributed by atoms with E-state index in [0.717, 1.165) is 23.8 Å². The van der Waals surface area contributed by atoms with Gasteiger partial charge in [0.2, 0.25) is 0 Å². The van der Waals surface area contributed by atoms with Crippen LogP contribution in [0.5, 0.6) is 0 Å². The van der Waals surface area contributed by atoms with Gasteiger partial charge < -0.3 is 5.11 Å². The number of benzene rings is 1. The Balaban J connectivity index is 2.51. The monoisotopic (exact) mass is 174 g/mol. The first-order valence-electron chi connectivity index (χ1n) is 4.29. The number of Topliss-reactive ketones (excluding diaryl/α,β-unsaturated/α-hetero) is 1. The van der Waals surface area contributed by atoms with Crippen molar-refractivity contribution in [3.05, 3.63) is 47.2 Å². The molecule has 0 spiro atoms. The summed E-state index contributed by atoms with van der Waals surface area (Å²) in [6.07, 6.45) is 2.42. The highest BCUT2D eigenvalue weighted by Crippen LogP contribution is 2.24. The number of allylic oxidation sites excluding steroid dienone is 1. The average molecular weight is 174 g/mol. The molecule has 1 aliphatic rings. The van der Waals surface area contributed by atoms with E-state index < -0.39 is 0 Å². The van der Waals surface area contributed by atoms with E-state index in [2.05, 4.69) is 0 Å². The number of fused-ring (bicyclic) bond motifs is 1. The second kappa shape index (κ2) is 3.05. The van der Waals surface area contributed by atoms with Crippen molar-refractivity contribution >= 4 is 5.78 Å². The van der Waals surface area contributed by atoms with Crippen molar-refractivity contribution in [1.29, 1.82) is 0 Å². The molecule has 0 aliphatic heterocycles. The zero-order valence-electron chi connectivity index (χ0n) is 7.16. The number of hydrogen-bond donors (Lipinski definition) is 1. The van der Waals surface area contributed by atoms with Gasteiger partial charge in [-0.15, -0.1) is 0 Å². The maximum Gasteiger partial charge on any atom is 0.192 e. The van der Waals surface area contributed by atoms with Crippen molar-refractivity contribution in [3.8, 4) is 0 Å². The van der Waals surface area contributed by atoms with Crippen LogP contribution in [0.2, 0.25) is 0 Å². The van der Waals surface area contributed by atoms with Crippen LogP contribution in [0.4, 0.5) is 0 Å². The first kappa shape index (κ1) is 8.05. The van der Waals surface area contributed by atoms with Gasteiger partial charge in [-0.05, 0) is 18.4 Å². The molecular formula is C11H10O2. The van der Waals surface area contributed by atoms with Crippen LogP contribution in [0.25, 0.3) is 0 Å². The Kier molecular flexibility index (Phi) is 1.89. The third kappa shape index (κ3) is 1.24. The third-order valence-corrected chi connectivity index (χ3v) is 2.37. The van der Waals surface area contributed by atoms with Crippen molar-refractivity contribution in [2.75, 3.05) is 0 Å². The van der Waals surface area contributed by atoms with E-state index in [-0.39, 0.29) is 5.78 Å². The Bertz CT molecular complexity index is 377. The van der Waals surface area contributed by atoms with Crippen molar-refractivity contribution in [1.82, 2.24) is 0 Å². The van der Waals surface area contributed by atoms with E-state index in [1.54, 1.807) is 6.07 Å². The summed E-state index contributed by atoms with van der Waals surface area (Å²) in [5.74, 6) is -0.0376. The molecule has 1 aromatic carbocycles. The third-order valence-electron chi connectivity index (χ3n) is 2.37. The Morgan fingerprint density at radius 3 is 2.77 bits per heavy atom. The first-order valence-corrected chi connectivity index (χ1v) is 4.29. The minimum atomic E-state index is -0.0376. The molecule has 0 heterocycles. The fourth-order valence-electron chi connectivity index (χ4n) is 1.64. The molecular weight excluding hydrogens is 164 g/mol. The topological polar surface area (TPSA) is 37.3 Å². The molecule has 0 bridgehead atoms. The van der Waals surface area contributed by atoms with Crippen LogP contribution in [-0.4, -0.2) is 10.9 Å². The maximum absolute atomic E-state index is 11.6. The molecule has 2 nitrogen and oxygen atoms in total. The van der Waals surface area contributed by atoms with Gasteiger partial charge in [0.1, 0.15) is 0 Å². The number of aliphatic hydroxyl groups excluding tert-OH is 1. The zero-order valence-corrected chi connectivity index (χ0v) is 7.16.